The molecule has 1 saturated heterocycles. The van der Waals surface area contributed by atoms with Crippen LogP contribution in [0.1, 0.15) is 24.0 Å². The summed E-state index contributed by atoms with van der Waals surface area (Å²) in [5, 5.41) is 4.20. The number of thiazole rings is 2. The van der Waals surface area contributed by atoms with Gasteiger partial charge in [-0.2, -0.15) is 0 Å². The van der Waals surface area contributed by atoms with Crippen molar-refractivity contribution in [2.24, 2.45) is 5.41 Å². The third kappa shape index (κ3) is 7.58. The van der Waals surface area contributed by atoms with Gasteiger partial charge < -0.3 is 4.90 Å². The maximum absolute atomic E-state index is 12.5. The van der Waals surface area contributed by atoms with Gasteiger partial charge in [0.05, 0.1) is 9.79 Å². The van der Waals surface area contributed by atoms with Crippen molar-refractivity contribution in [2.75, 3.05) is 27.4 Å². The van der Waals surface area contributed by atoms with E-state index in [4.69, 9.17) is 0 Å². The maximum Gasteiger partial charge on any atom is 0.263 e. The molecule has 14 heteroatoms. The largest absolute Gasteiger partial charge is 0.371 e. The third-order valence-corrected chi connectivity index (χ3v) is 12.9. The second kappa shape index (κ2) is 13.2. The van der Waals surface area contributed by atoms with E-state index >= 15 is 0 Å². The molecule has 0 amide bonds. The van der Waals surface area contributed by atoms with Gasteiger partial charge in [-0.25, -0.2) is 26.8 Å². The quantitative estimate of drug-likeness (QED) is 0.184. The van der Waals surface area contributed by atoms with Crippen molar-refractivity contribution in [3.63, 3.8) is 0 Å². The maximum atomic E-state index is 12.5. The van der Waals surface area contributed by atoms with Crippen molar-refractivity contribution in [1.82, 2.24) is 9.97 Å². The first-order valence-electron chi connectivity index (χ1n) is 14.1. The number of piperidine rings is 1. The van der Waals surface area contributed by atoms with Crippen molar-refractivity contribution in [2.45, 2.75) is 35.5 Å². The summed E-state index contributed by atoms with van der Waals surface area (Å²) in [4.78, 5) is 10.7. The molecule has 1 aliphatic heterocycles. The van der Waals surface area contributed by atoms with E-state index in [1.165, 1.54) is 71.6 Å². The number of fused-ring (bicyclic) bond motifs is 1. The predicted molar refractivity (Wildman–Crippen MR) is 184 cm³/mol. The summed E-state index contributed by atoms with van der Waals surface area (Å²) in [6, 6.07) is 22.4. The summed E-state index contributed by atoms with van der Waals surface area (Å²) in [5.41, 5.74) is 4.52. The van der Waals surface area contributed by atoms with Gasteiger partial charge in [0, 0.05) is 46.4 Å². The molecule has 45 heavy (non-hydrogen) atoms. The van der Waals surface area contributed by atoms with Gasteiger partial charge in [0.25, 0.3) is 20.0 Å². The molecule has 0 atom stereocenters. The second-order valence-corrected chi connectivity index (χ2v) is 17.0. The number of anilines is 3. The molecule has 1 aliphatic carbocycles. The lowest BCUT2D eigenvalue weighted by Gasteiger charge is -2.40. The number of nitrogens with one attached hydrogen (secondary N) is 2. The molecule has 234 valence electrons. The first kappa shape index (κ1) is 31.7. The number of sulfonamides is 2. The number of rotatable bonds is 7. The fourth-order valence-electron chi connectivity index (χ4n) is 5.71. The van der Waals surface area contributed by atoms with E-state index in [1.807, 2.05) is 12.1 Å². The highest BCUT2D eigenvalue weighted by molar-refractivity contribution is 9.10. The lowest BCUT2D eigenvalue weighted by molar-refractivity contribution is 0.233. The fraction of sp³-hybridized carbons (Fsp3) is 0.226. The molecule has 0 saturated carbocycles. The summed E-state index contributed by atoms with van der Waals surface area (Å²) in [5.74, 6) is 0. The van der Waals surface area contributed by atoms with E-state index in [-0.39, 0.29) is 9.79 Å². The minimum atomic E-state index is -3.60. The van der Waals surface area contributed by atoms with Gasteiger partial charge in [-0.15, -0.1) is 22.7 Å². The summed E-state index contributed by atoms with van der Waals surface area (Å²) in [7, 11) is -7.12. The van der Waals surface area contributed by atoms with Gasteiger partial charge >= 0.3 is 0 Å². The zero-order valence-electron chi connectivity index (χ0n) is 24.0. The number of nitrogens with zero attached hydrogens (tertiary/aromatic N) is 3. The minimum Gasteiger partial charge on any atom is -0.371 e. The van der Waals surface area contributed by atoms with Crippen LogP contribution < -0.4 is 14.3 Å². The Morgan fingerprint density at radius 3 is 1.60 bits per heavy atom. The highest BCUT2D eigenvalue weighted by Gasteiger charge is 2.39. The molecule has 2 aliphatic rings. The van der Waals surface area contributed by atoms with Crippen LogP contribution in [0.3, 0.4) is 0 Å². The summed E-state index contributed by atoms with van der Waals surface area (Å²) >= 11 is 5.75. The SMILES string of the molecule is O=S(=O)(Nc1nccs1)c1ccc(Br)cc1.O=S(=O)(Nc1nccs1)c1ccc(N2CCC3(CC2)Cc2ccccc2C3)cc1. The fourth-order valence-corrected chi connectivity index (χ4v) is 9.55. The highest BCUT2D eigenvalue weighted by atomic mass is 79.9. The highest BCUT2D eigenvalue weighted by Crippen LogP contribution is 2.45. The molecule has 3 aromatic carbocycles. The Labute approximate surface area is 279 Å². The lowest BCUT2D eigenvalue weighted by Crippen LogP contribution is -2.40. The molecule has 2 N–H and O–H groups in total. The van der Waals surface area contributed by atoms with Gasteiger partial charge in [0.2, 0.25) is 0 Å². The first-order chi connectivity index (χ1) is 21.6. The molecule has 7 rings (SSSR count). The van der Waals surface area contributed by atoms with Crippen LogP contribution in [0.4, 0.5) is 16.0 Å². The van der Waals surface area contributed by atoms with Gasteiger partial charge in [-0.1, -0.05) is 40.2 Å². The van der Waals surface area contributed by atoms with Crippen molar-refractivity contribution >= 4 is 74.6 Å². The van der Waals surface area contributed by atoms with E-state index < -0.39 is 20.0 Å². The standard InChI is InChI=1S/C22H23N3O2S2.C9H7BrN2O2S2/c26-29(27,24-21-23-11-14-28-21)20-7-5-19(6-8-20)25-12-9-22(10-13-25)15-17-3-1-2-4-18(17)16-22;10-7-1-3-8(4-2-7)16(13,14)12-9-11-5-6-15-9/h1-8,11,14H,9-10,12-13,15-16H2,(H,23,24);1-6H,(H,11,12). The van der Waals surface area contributed by atoms with Gasteiger partial charge in [-0.05, 0) is 90.8 Å². The molecule has 1 fully saturated rings. The Morgan fingerprint density at radius 1 is 0.689 bits per heavy atom. The lowest BCUT2D eigenvalue weighted by atomic mass is 9.76. The number of aromatic nitrogens is 2. The monoisotopic (exact) mass is 743 g/mol. The summed E-state index contributed by atoms with van der Waals surface area (Å²) in [6.45, 7) is 2.02. The van der Waals surface area contributed by atoms with Crippen LogP contribution in [0.25, 0.3) is 0 Å². The van der Waals surface area contributed by atoms with E-state index in [1.54, 1.807) is 47.4 Å². The van der Waals surface area contributed by atoms with Gasteiger partial charge in [0.15, 0.2) is 10.3 Å². The minimum absolute atomic E-state index is 0.214. The van der Waals surface area contributed by atoms with Crippen LogP contribution in [0.2, 0.25) is 0 Å². The Bertz CT molecular complexity index is 1920. The summed E-state index contributed by atoms with van der Waals surface area (Å²) in [6.07, 6.45) is 7.86. The van der Waals surface area contributed by atoms with Crippen molar-refractivity contribution in [1.29, 1.82) is 0 Å². The molecule has 0 unspecified atom stereocenters. The smallest absolute Gasteiger partial charge is 0.263 e. The van der Waals surface area contributed by atoms with Crippen molar-refractivity contribution < 1.29 is 16.8 Å². The van der Waals surface area contributed by atoms with Crippen LogP contribution >= 0.6 is 38.6 Å². The normalized spacial score (nSPS) is 15.6. The topological polar surface area (TPSA) is 121 Å². The van der Waals surface area contributed by atoms with Gasteiger partial charge in [-0.3, -0.25) is 9.44 Å². The van der Waals surface area contributed by atoms with Crippen LogP contribution in [-0.2, 0) is 32.9 Å². The van der Waals surface area contributed by atoms with E-state index in [9.17, 15) is 16.8 Å². The molecule has 0 radical (unpaired) electrons. The molecule has 9 nitrogen and oxygen atoms in total. The van der Waals surface area contributed by atoms with E-state index in [2.05, 4.69) is 64.5 Å². The number of hydrogen-bond acceptors (Lipinski definition) is 9. The Kier molecular flexibility index (Phi) is 9.29. The van der Waals surface area contributed by atoms with E-state index in [0.717, 1.165) is 23.2 Å². The average molecular weight is 745 g/mol. The van der Waals surface area contributed by atoms with Crippen LogP contribution in [0.15, 0.2) is 110 Å². The zero-order valence-corrected chi connectivity index (χ0v) is 28.8. The molecule has 2 aromatic heterocycles. The number of hydrogen-bond donors (Lipinski definition) is 2. The van der Waals surface area contributed by atoms with Crippen LogP contribution in [0.5, 0.6) is 0 Å². The Hall–Kier alpha value is -3.30. The second-order valence-electron chi connectivity index (χ2n) is 10.9. The molecule has 0 bridgehead atoms. The van der Waals surface area contributed by atoms with Crippen LogP contribution in [-0.4, -0.2) is 39.9 Å². The first-order valence-corrected chi connectivity index (χ1v) is 19.6. The zero-order chi connectivity index (χ0) is 31.5. The number of halogens is 1. The van der Waals surface area contributed by atoms with E-state index in [0.29, 0.717) is 15.7 Å². The molecule has 3 heterocycles. The average Bonchev–Trinajstić information content (AvgIpc) is 3.80. The number of benzene rings is 3. The molecule has 1 spiro atoms. The summed E-state index contributed by atoms with van der Waals surface area (Å²) < 4.78 is 54.5. The predicted octanol–water partition coefficient (Wildman–Crippen LogP) is 7.04. The molecule has 5 aromatic rings. The van der Waals surface area contributed by atoms with Crippen LogP contribution in [0, 0.1) is 5.41 Å². The molecular formula is C31H30BrN5O4S4. The van der Waals surface area contributed by atoms with Crippen molar-refractivity contribution in [3.05, 3.63) is 112 Å². The Balaban J connectivity index is 0.000000189. The van der Waals surface area contributed by atoms with Crippen molar-refractivity contribution in [3.8, 4) is 0 Å². The molecular weight excluding hydrogens is 715 g/mol. The third-order valence-electron chi connectivity index (χ3n) is 8.02. The Morgan fingerprint density at radius 2 is 1.16 bits per heavy atom. The van der Waals surface area contributed by atoms with Gasteiger partial charge in [0.1, 0.15) is 0 Å².